The first-order valence-electron chi connectivity index (χ1n) is 9.59. The van der Waals surface area contributed by atoms with Crippen LogP contribution in [-0.4, -0.2) is 24.3 Å². The van der Waals surface area contributed by atoms with Crippen molar-refractivity contribution < 1.29 is 14.3 Å². The lowest BCUT2D eigenvalue weighted by Crippen LogP contribution is -2.78. The number of ketones is 1. The fraction of sp³-hybridized carbons (Fsp3) is 0.950. The Morgan fingerprint density at radius 3 is 2.61 bits per heavy atom. The topological polar surface area (TPSA) is 35.5 Å². The lowest BCUT2D eigenvalue weighted by molar-refractivity contribution is -0.423. The third kappa shape index (κ3) is 1.76. The van der Waals surface area contributed by atoms with Crippen molar-refractivity contribution in [3.05, 3.63) is 0 Å². The number of rotatable bonds is 2. The van der Waals surface area contributed by atoms with E-state index in [2.05, 4.69) is 27.7 Å². The molecule has 0 radical (unpaired) electrons. The SMILES string of the molecule is CO[C@@]12O[C@]34C[C@@H](C)CC[C@@H]3[C@@](C)(CC[C@H]1C(C)C)[C@@H]2CC4=O. The average molecular weight is 320 g/mol. The zero-order valence-corrected chi connectivity index (χ0v) is 15.4. The van der Waals surface area contributed by atoms with Crippen molar-refractivity contribution in [2.45, 2.75) is 77.6 Å². The van der Waals surface area contributed by atoms with Crippen LogP contribution in [0.3, 0.4) is 0 Å². The normalized spacial score (nSPS) is 55.1. The molecule has 4 bridgehead atoms. The van der Waals surface area contributed by atoms with Gasteiger partial charge in [-0.2, -0.15) is 0 Å². The van der Waals surface area contributed by atoms with E-state index in [1.807, 2.05) is 7.11 Å². The number of ether oxygens (including phenoxy) is 2. The second-order valence-corrected chi connectivity index (χ2v) is 9.43. The van der Waals surface area contributed by atoms with Crippen LogP contribution in [0.4, 0.5) is 0 Å². The molecule has 1 spiro atoms. The zero-order valence-electron chi connectivity index (χ0n) is 15.4. The van der Waals surface area contributed by atoms with Crippen LogP contribution in [0.15, 0.2) is 0 Å². The van der Waals surface area contributed by atoms with Gasteiger partial charge in [0.05, 0.1) is 0 Å². The Bertz CT molecular complexity index is 529. The minimum atomic E-state index is -0.565. The molecule has 3 nitrogen and oxygen atoms in total. The summed E-state index contributed by atoms with van der Waals surface area (Å²) in [5.74, 6) is 1.94. The van der Waals surface area contributed by atoms with E-state index in [9.17, 15) is 4.79 Å². The largest absolute Gasteiger partial charge is 0.353 e. The van der Waals surface area contributed by atoms with Crippen LogP contribution in [0.5, 0.6) is 0 Å². The predicted octanol–water partition coefficient (Wildman–Crippen LogP) is 4.20. The first kappa shape index (κ1) is 16.1. The Hall–Kier alpha value is -0.410. The summed E-state index contributed by atoms with van der Waals surface area (Å²) >= 11 is 0. The molecule has 5 rings (SSSR count). The smallest absolute Gasteiger partial charge is 0.176 e. The molecule has 5 fully saturated rings. The summed E-state index contributed by atoms with van der Waals surface area (Å²) < 4.78 is 13.0. The van der Waals surface area contributed by atoms with Crippen molar-refractivity contribution in [2.75, 3.05) is 7.11 Å². The number of hydrogen-bond acceptors (Lipinski definition) is 3. The molecule has 3 saturated carbocycles. The molecule has 2 aliphatic heterocycles. The minimum Gasteiger partial charge on any atom is -0.353 e. The van der Waals surface area contributed by atoms with Gasteiger partial charge in [0.15, 0.2) is 11.6 Å². The maximum Gasteiger partial charge on any atom is 0.176 e. The van der Waals surface area contributed by atoms with E-state index < -0.39 is 11.4 Å². The van der Waals surface area contributed by atoms with E-state index in [1.54, 1.807) is 0 Å². The van der Waals surface area contributed by atoms with Crippen molar-refractivity contribution in [1.82, 2.24) is 0 Å². The Labute approximate surface area is 140 Å². The van der Waals surface area contributed by atoms with Crippen LogP contribution in [0.2, 0.25) is 0 Å². The maximum atomic E-state index is 13.1. The quantitative estimate of drug-likeness (QED) is 0.765. The molecule has 5 aliphatic rings. The van der Waals surface area contributed by atoms with Crippen molar-refractivity contribution in [3.8, 4) is 0 Å². The van der Waals surface area contributed by atoms with Crippen LogP contribution in [0.1, 0.15) is 66.2 Å². The first-order chi connectivity index (χ1) is 10.8. The molecular weight excluding hydrogens is 288 g/mol. The van der Waals surface area contributed by atoms with Gasteiger partial charge in [-0.25, -0.2) is 0 Å². The van der Waals surface area contributed by atoms with Crippen LogP contribution in [0.25, 0.3) is 0 Å². The summed E-state index contributed by atoms with van der Waals surface area (Å²) in [7, 11) is 1.81. The Balaban J connectivity index is 1.87. The Kier molecular flexibility index (Phi) is 3.37. The van der Waals surface area contributed by atoms with E-state index in [4.69, 9.17) is 9.47 Å². The van der Waals surface area contributed by atoms with E-state index >= 15 is 0 Å². The van der Waals surface area contributed by atoms with Gasteiger partial charge in [-0.1, -0.05) is 34.1 Å². The molecule has 2 saturated heterocycles. The number of fused-ring (bicyclic) bond motifs is 1. The maximum absolute atomic E-state index is 13.1. The summed E-state index contributed by atoms with van der Waals surface area (Å²) in [6.45, 7) is 9.27. The van der Waals surface area contributed by atoms with Crippen LogP contribution in [-0.2, 0) is 14.3 Å². The van der Waals surface area contributed by atoms with Crippen LogP contribution < -0.4 is 0 Å². The van der Waals surface area contributed by atoms with E-state index in [1.165, 1.54) is 12.8 Å². The number of carbonyl (C=O) groups is 1. The predicted molar refractivity (Wildman–Crippen MR) is 88.8 cm³/mol. The molecule has 0 amide bonds. The van der Waals surface area contributed by atoms with E-state index in [-0.39, 0.29) is 11.3 Å². The highest BCUT2D eigenvalue weighted by atomic mass is 16.7. The van der Waals surface area contributed by atoms with E-state index in [0.717, 1.165) is 19.3 Å². The number of methoxy groups -OCH3 is 1. The Morgan fingerprint density at radius 1 is 1.22 bits per heavy atom. The van der Waals surface area contributed by atoms with Gasteiger partial charge in [0, 0.05) is 31.3 Å². The minimum absolute atomic E-state index is 0.202. The standard InChI is InChI=1S/C20H32O3/c1-12(2)14-8-9-18(4)15-7-6-13(3)11-19(15)17(21)10-16(18)20(14,22-5)23-19/h12-16H,6-11H2,1-5H3/t13-,14-,15+,16-,18+,19+,20+/m0/s1. The molecule has 130 valence electrons. The number of Topliss-reactive ketones (excluding diaryl/α,β-unsaturated/α-hetero) is 1. The third-order valence-corrected chi connectivity index (χ3v) is 8.08. The molecule has 0 unspecified atom stereocenters. The van der Waals surface area contributed by atoms with Crippen LogP contribution in [0, 0.1) is 35.0 Å². The lowest BCUT2D eigenvalue weighted by Gasteiger charge is -2.72. The van der Waals surface area contributed by atoms with Gasteiger partial charge in [-0.05, 0) is 42.9 Å². The summed E-state index contributed by atoms with van der Waals surface area (Å²) in [6, 6.07) is 0. The van der Waals surface area contributed by atoms with Crippen molar-refractivity contribution in [3.63, 3.8) is 0 Å². The molecular formula is C20H32O3. The van der Waals surface area contributed by atoms with E-state index in [0.29, 0.717) is 35.9 Å². The molecule has 0 aromatic heterocycles. The summed E-state index contributed by atoms with van der Waals surface area (Å²) in [6.07, 6.45) is 6.33. The fourth-order valence-corrected chi connectivity index (χ4v) is 7.06. The van der Waals surface area contributed by atoms with Crippen molar-refractivity contribution >= 4 is 5.78 Å². The van der Waals surface area contributed by atoms with Gasteiger partial charge in [0.25, 0.3) is 0 Å². The van der Waals surface area contributed by atoms with Crippen molar-refractivity contribution in [2.24, 2.45) is 35.0 Å². The van der Waals surface area contributed by atoms with Gasteiger partial charge < -0.3 is 9.47 Å². The van der Waals surface area contributed by atoms with Gasteiger partial charge >= 0.3 is 0 Å². The number of hydrogen-bond donors (Lipinski definition) is 0. The monoisotopic (exact) mass is 320 g/mol. The Morgan fingerprint density at radius 2 is 1.96 bits per heavy atom. The molecule has 3 aliphatic carbocycles. The van der Waals surface area contributed by atoms with Crippen LogP contribution >= 0.6 is 0 Å². The molecule has 0 aromatic rings. The van der Waals surface area contributed by atoms with Gasteiger partial charge in [0.2, 0.25) is 0 Å². The molecule has 23 heavy (non-hydrogen) atoms. The molecule has 2 heterocycles. The zero-order chi connectivity index (χ0) is 16.6. The first-order valence-corrected chi connectivity index (χ1v) is 9.59. The molecule has 7 atom stereocenters. The second-order valence-electron chi connectivity index (χ2n) is 9.43. The number of carbonyl (C=O) groups excluding carboxylic acids is 1. The van der Waals surface area contributed by atoms with Gasteiger partial charge in [-0.15, -0.1) is 0 Å². The summed E-state index contributed by atoms with van der Waals surface area (Å²) in [5, 5.41) is 0. The third-order valence-electron chi connectivity index (χ3n) is 8.08. The molecule has 3 heteroatoms. The fourth-order valence-electron chi connectivity index (χ4n) is 7.06. The molecule has 0 aromatic carbocycles. The molecule has 0 N–H and O–H groups in total. The van der Waals surface area contributed by atoms with Crippen molar-refractivity contribution in [1.29, 1.82) is 0 Å². The highest BCUT2D eigenvalue weighted by Crippen LogP contribution is 2.71. The highest BCUT2D eigenvalue weighted by Gasteiger charge is 2.76. The lowest BCUT2D eigenvalue weighted by atomic mass is 9.41. The van der Waals surface area contributed by atoms with Gasteiger partial charge in [-0.3, -0.25) is 4.79 Å². The summed E-state index contributed by atoms with van der Waals surface area (Å²) in [4.78, 5) is 13.1. The summed E-state index contributed by atoms with van der Waals surface area (Å²) in [5.41, 5.74) is -0.363. The average Bonchev–Trinajstić information content (AvgIpc) is 2.48. The highest BCUT2D eigenvalue weighted by molar-refractivity contribution is 5.90. The van der Waals surface area contributed by atoms with Gasteiger partial charge in [0.1, 0.15) is 5.60 Å². The second kappa shape index (κ2) is 4.82.